The third kappa shape index (κ3) is 9.60. The SMILES string of the molecule is CCCCCCCCCOc1cnc(-c2ccc(-c3ccc(C(=O)OC[C@H](F)CCC)cc3)cc2)nc1. The number of esters is 1. The fourth-order valence-corrected chi connectivity index (χ4v) is 4.05. The zero-order valence-electron chi connectivity index (χ0n) is 22.1. The average molecular weight is 507 g/mol. The third-order valence-corrected chi connectivity index (χ3v) is 6.24. The number of nitrogens with zero attached hydrogens (tertiary/aromatic N) is 2. The van der Waals surface area contributed by atoms with Crippen LogP contribution < -0.4 is 4.74 Å². The summed E-state index contributed by atoms with van der Waals surface area (Å²) in [5.74, 6) is 0.826. The van der Waals surface area contributed by atoms with E-state index in [0.29, 0.717) is 30.2 Å². The van der Waals surface area contributed by atoms with Crippen molar-refractivity contribution in [2.24, 2.45) is 0 Å². The van der Waals surface area contributed by atoms with E-state index in [9.17, 15) is 9.18 Å². The summed E-state index contributed by atoms with van der Waals surface area (Å²) in [5.41, 5.74) is 3.29. The molecule has 0 fully saturated rings. The van der Waals surface area contributed by atoms with Gasteiger partial charge in [-0.2, -0.15) is 0 Å². The number of rotatable bonds is 16. The Morgan fingerprint density at radius 1 is 0.784 bits per heavy atom. The standard InChI is InChI=1S/C31H39FN2O3/c1-3-5-6-7-8-9-10-20-36-29-21-33-30(34-22-29)26-16-12-24(13-17-26)25-14-18-27(19-15-25)31(35)37-23-28(32)11-4-2/h12-19,21-22,28H,3-11,20,23H2,1-2H3/t28-/m1/s1. The first-order valence-corrected chi connectivity index (χ1v) is 13.6. The molecule has 0 bridgehead atoms. The molecule has 1 aromatic heterocycles. The van der Waals surface area contributed by atoms with Crippen LogP contribution in [0.2, 0.25) is 0 Å². The van der Waals surface area contributed by atoms with Crippen LogP contribution in [-0.2, 0) is 4.74 Å². The third-order valence-electron chi connectivity index (χ3n) is 6.24. The second kappa shape index (κ2) is 15.7. The van der Waals surface area contributed by atoms with Gasteiger partial charge in [-0.3, -0.25) is 0 Å². The van der Waals surface area contributed by atoms with Crippen LogP contribution in [0.3, 0.4) is 0 Å². The molecule has 0 N–H and O–H groups in total. The second-order valence-corrected chi connectivity index (χ2v) is 9.35. The molecule has 0 aliphatic carbocycles. The maximum atomic E-state index is 13.6. The van der Waals surface area contributed by atoms with Gasteiger partial charge in [-0.05, 0) is 36.1 Å². The van der Waals surface area contributed by atoms with Crippen LogP contribution in [0.5, 0.6) is 5.75 Å². The van der Waals surface area contributed by atoms with Gasteiger partial charge in [-0.1, -0.05) is 95.2 Å². The maximum absolute atomic E-state index is 13.6. The van der Waals surface area contributed by atoms with Crippen LogP contribution >= 0.6 is 0 Å². The Morgan fingerprint density at radius 2 is 1.35 bits per heavy atom. The fraction of sp³-hybridized carbons (Fsp3) is 0.452. The Morgan fingerprint density at radius 3 is 1.97 bits per heavy atom. The van der Waals surface area contributed by atoms with E-state index in [0.717, 1.165) is 29.5 Å². The molecule has 0 saturated heterocycles. The van der Waals surface area contributed by atoms with E-state index < -0.39 is 12.1 Å². The molecule has 0 unspecified atom stereocenters. The van der Waals surface area contributed by atoms with Crippen LogP contribution in [0, 0.1) is 0 Å². The highest BCUT2D eigenvalue weighted by Gasteiger charge is 2.12. The van der Waals surface area contributed by atoms with Gasteiger partial charge >= 0.3 is 5.97 Å². The molecule has 5 nitrogen and oxygen atoms in total. The summed E-state index contributed by atoms with van der Waals surface area (Å²) < 4.78 is 24.4. The Bertz CT molecular complexity index is 1050. The lowest BCUT2D eigenvalue weighted by Gasteiger charge is -2.09. The summed E-state index contributed by atoms with van der Waals surface area (Å²) >= 11 is 0. The summed E-state index contributed by atoms with van der Waals surface area (Å²) in [6.45, 7) is 4.62. The predicted octanol–water partition coefficient (Wildman–Crippen LogP) is 8.24. The lowest BCUT2D eigenvalue weighted by atomic mass is 10.0. The average Bonchev–Trinajstić information content (AvgIpc) is 2.94. The van der Waals surface area contributed by atoms with Gasteiger partial charge in [0, 0.05) is 5.56 Å². The molecular formula is C31H39FN2O3. The van der Waals surface area contributed by atoms with Gasteiger partial charge in [0.25, 0.3) is 0 Å². The number of halogens is 1. The molecule has 0 radical (unpaired) electrons. The Hall–Kier alpha value is -3.28. The number of carbonyl (C=O) groups excluding carboxylic acids is 1. The number of aromatic nitrogens is 2. The zero-order chi connectivity index (χ0) is 26.3. The first-order chi connectivity index (χ1) is 18.1. The van der Waals surface area contributed by atoms with Gasteiger partial charge in [0.2, 0.25) is 0 Å². The topological polar surface area (TPSA) is 61.3 Å². The number of ether oxygens (including phenoxy) is 2. The van der Waals surface area contributed by atoms with Crippen molar-refractivity contribution in [2.75, 3.05) is 13.2 Å². The summed E-state index contributed by atoms with van der Waals surface area (Å²) in [6.07, 6.45) is 12.2. The van der Waals surface area contributed by atoms with Crippen molar-refractivity contribution in [1.82, 2.24) is 9.97 Å². The summed E-state index contributed by atoms with van der Waals surface area (Å²) in [5, 5.41) is 0. The fourth-order valence-electron chi connectivity index (χ4n) is 4.05. The Balaban J connectivity index is 1.47. The van der Waals surface area contributed by atoms with Gasteiger partial charge in [0.05, 0.1) is 24.6 Å². The molecule has 0 aliphatic rings. The van der Waals surface area contributed by atoms with E-state index in [4.69, 9.17) is 9.47 Å². The number of hydrogen-bond acceptors (Lipinski definition) is 5. The van der Waals surface area contributed by atoms with Gasteiger partial charge in [-0.15, -0.1) is 0 Å². The molecule has 0 amide bonds. The molecule has 6 heteroatoms. The van der Waals surface area contributed by atoms with Gasteiger partial charge in [0.15, 0.2) is 11.6 Å². The monoisotopic (exact) mass is 506 g/mol. The molecule has 3 rings (SSSR count). The van der Waals surface area contributed by atoms with E-state index in [1.165, 1.54) is 38.5 Å². The summed E-state index contributed by atoms with van der Waals surface area (Å²) in [7, 11) is 0. The second-order valence-electron chi connectivity index (χ2n) is 9.35. The lowest BCUT2D eigenvalue weighted by Crippen LogP contribution is -2.14. The van der Waals surface area contributed by atoms with Gasteiger partial charge < -0.3 is 9.47 Å². The molecule has 0 saturated carbocycles. The van der Waals surface area contributed by atoms with Crippen molar-refractivity contribution in [3.8, 4) is 28.3 Å². The quantitative estimate of drug-likeness (QED) is 0.145. The van der Waals surface area contributed by atoms with Crippen molar-refractivity contribution in [3.05, 3.63) is 66.5 Å². The van der Waals surface area contributed by atoms with E-state index in [1.807, 2.05) is 43.3 Å². The van der Waals surface area contributed by atoms with Crippen molar-refractivity contribution < 1.29 is 18.7 Å². The number of hydrogen-bond donors (Lipinski definition) is 0. The molecule has 0 spiro atoms. The number of alkyl halides is 1. The minimum atomic E-state index is -1.12. The number of unbranched alkanes of at least 4 members (excludes halogenated alkanes) is 6. The van der Waals surface area contributed by atoms with Crippen molar-refractivity contribution in [1.29, 1.82) is 0 Å². The first kappa shape index (κ1) is 28.3. The normalized spacial score (nSPS) is 11.8. The molecule has 37 heavy (non-hydrogen) atoms. The Kier molecular flexibility index (Phi) is 12.0. The molecule has 1 atom stereocenters. The zero-order valence-corrected chi connectivity index (χ0v) is 22.1. The van der Waals surface area contributed by atoms with Crippen molar-refractivity contribution in [3.63, 3.8) is 0 Å². The van der Waals surface area contributed by atoms with Crippen LogP contribution in [-0.4, -0.2) is 35.3 Å². The highest BCUT2D eigenvalue weighted by molar-refractivity contribution is 5.90. The smallest absolute Gasteiger partial charge is 0.338 e. The molecule has 3 aromatic rings. The maximum Gasteiger partial charge on any atom is 0.338 e. The Labute approximate surface area is 220 Å². The molecule has 0 aliphatic heterocycles. The minimum absolute atomic E-state index is 0.204. The largest absolute Gasteiger partial charge is 0.490 e. The van der Waals surface area contributed by atoms with Crippen LogP contribution in [0.25, 0.3) is 22.5 Å². The predicted molar refractivity (Wildman–Crippen MR) is 146 cm³/mol. The van der Waals surface area contributed by atoms with Crippen LogP contribution in [0.15, 0.2) is 60.9 Å². The number of carbonyl (C=O) groups is 1. The van der Waals surface area contributed by atoms with Crippen LogP contribution in [0.1, 0.15) is 82.0 Å². The van der Waals surface area contributed by atoms with Gasteiger partial charge in [0.1, 0.15) is 12.8 Å². The summed E-state index contributed by atoms with van der Waals surface area (Å²) in [4.78, 5) is 21.1. The minimum Gasteiger partial charge on any atom is -0.490 e. The highest BCUT2D eigenvalue weighted by Crippen LogP contribution is 2.24. The van der Waals surface area contributed by atoms with E-state index in [2.05, 4.69) is 16.9 Å². The summed E-state index contributed by atoms with van der Waals surface area (Å²) in [6, 6.07) is 15.1. The van der Waals surface area contributed by atoms with Crippen LogP contribution in [0.4, 0.5) is 4.39 Å². The molecular weight excluding hydrogens is 467 g/mol. The van der Waals surface area contributed by atoms with E-state index in [-0.39, 0.29) is 6.61 Å². The lowest BCUT2D eigenvalue weighted by molar-refractivity contribution is 0.0391. The molecule has 198 valence electrons. The van der Waals surface area contributed by atoms with Crippen molar-refractivity contribution >= 4 is 5.97 Å². The van der Waals surface area contributed by atoms with Crippen molar-refractivity contribution in [2.45, 2.75) is 77.8 Å². The first-order valence-electron chi connectivity index (χ1n) is 13.6. The van der Waals surface area contributed by atoms with E-state index in [1.54, 1.807) is 24.5 Å². The molecule has 2 aromatic carbocycles. The molecule has 1 heterocycles. The highest BCUT2D eigenvalue weighted by atomic mass is 19.1. The number of benzene rings is 2. The van der Waals surface area contributed by atoms with E-state index >= 15 is 0 Å². The van der Waals surface area contributed by atoms with Gasteiger partial charge in [-0.25, -0.2) is 19.2 Å².